The fourth-order valence-electron chi connectivity index (χ4n) is 5.72. The average molecular weight is 408 g/mol. The van der Waals surface area contributed by atoms with E-state index >= 15 is 0 Å². The monoisotopic (exact) mass is 407 g/mol. The summed E-state index contributed by atoms with van der Waals surface area (Å²) in [7, 11) is 0. The van der Waals surface area contributed by atoms with E-state index in [1.807, 2.05) is 12.1 Å². The lowest BCUT2D eigenvalue weighted by molar-refractivity contribution is -0.0496. The molecule has 0 aliphatic carbocycles. The highest BCUT2D eigenvalue weighted by Crippen LogP contribution is 2.46. The van der Waals surface area contributed by atoms with Gasteiger partial charge in [0.05, 0.1) is 18.8 Å². The third-order valence-corrected chi connectivity index (χ3v) is 7.43. The van der Waals surface area contributed by atoms with Crippen LogP contribution in [-0.4, -0.2) is 49.0 Å². The number of piperidine rings is 1. The molecule has 5 rings (SSSR count). The first-order valence-corrected chi connectivity index (χ1v) is 11.5. The maximum Gasteiger partial charge on any atom is 0.122 e. The van der Waals surface area contributed by atoms with Crippen LogP contribution in [0.25, 0.3) is 0 Å². The number of hydrogen-bond acceptors (Lipinski definition) is 4. The molecule has 4 atom stereocenters. The Labute approximate surface area is 179 Å². The smallest absolute Gasteiger partial charge is 0.122 e. The Hall–Kier alpha value is -1.88. The Balaban J connectivity index is 1.36. The van der Waals surface area contributed by atoms with Crippen molar-refractivity contribution < 1.29 is 14.6 Å². The molecule has 3 heterocycles. The summed E-state index contributed by atoms with van der Waals surface area (Å²) in [5.74, 6) is 1.87. The standard InChI is InChI=1S/C26H33NO3/c28-26(22-7-2-1-3-8-22,24-19-27-15-11-21(24)18-27)14-10-20-6-4-5-9-25(20)30-23-12-16-29-17-13-23/h1-9,21,23-24,28H,10-19H2. The maximum atomic E-state index is 12.1. The summed E-state index contributed by atoms with van der Waals surface area (Å²) in [6, 6.07) is 18.7. The van der Waals surface area contributed by atoms with Crippen LogP contribution in [0.5, 0.6) is 5.75 Å². The minimum Gasteiger partial charge on any atom is -0.490 e. The van der Waals surface area contributed by atoms with Crippen molar-refractivity contribution in [3.05, 3.63) is 65.7 Å². The molecule has 2 aromatic carbocycles. The van der Waals surface area contributed by atoms with Gasteiger partial charge in [-0.15, -0.1) is 0 Å². The van der Waals surface area contributed by atoms with Gasteiger partial charge >= 0.3 is 0 Å². The van der Waals surface area contributed by atoms with Crippen molar-refractivity contribution in [3.8, 4) is 5.75 Å². The Morgan fingerprint density at radius 1 is 0.967 bits per heavy atom. The van der Waals surface area contributed by atoms with Crippen LogP contribution in [0.1, 0.15) is 36.8 Å². The average Bonchev–Trinajstić information content (AvgIpc) is 3.44. The van der Waals surface area contributed by atoms with Crippen LogP contribution >= 0.6 is 0 Å². The predicted octanol–water partition coefficient (Wildman–Crippen LogP) is 4.02. The number of para-hydroxylation sites is 1. The SMILES string of the molecule is OC(CCc1ccccc1OC1CCOCC1)(c1ccccc1)C1CN2CCC1C2. The van der Waals surface area contributed by atoms with Crippen LogP contribution < -0.4 is 4.74 Å². The van der Waals surface area contributed by atoms with E-state index < -0.39 is 5.60 Å². The summed E-state index contributed by atoms with van der Waals surface area (Å²) in [5, 5.41) is 12.1. The van der Waals surface area contributed by atoms with E-state index in [0.717, 1.165) is 63.3 Å². The van der Waals surface area contributed by atoms with Gasteiger partial charge in [-0.05, 0) is 48.9 Å². The van der Waals surface area contributed by atoms with Crippen LogP contribution in [0, 0.1) is 11.8 Å². The number of fused-ring (bicyclic) bond motifs is 2. The Morgan fingerprint density at radius 3 is 2.47 bits per heavy atom. The van der Waals surface area contributed by atoms with Crippen LogP contribution in [0.15, 0.2) is 54.6 Å². The summed E-state index contributed by atoms with van der Waals surface area (Å²) in [4.78, 5) is 2.52. The van der Waals surface area contributed by atoms with Crippen LogP contribution in [0.2, 0.25) is 0 Å². The number of aryl methyl sites for hydroxylation is 1. The summed E-state index contributed by atoms with van der Waals surface area (Å²) in [6.45, 7) is 4.90. The predicted molar refractivity (Wildman–Crippen MR) is 118 cm³/mol. The number of hydrogen-bond donors (Lipinski definition) is 1. The van der Waals surface area contributed by atoms with Crippen molar-refractivity contribution >= 4 is 0 Å². The highest BCUT2D eigenvalue weighted by Gasteiger charge is 2.49. The fraction of sp³-hybridized carbons (Fsp3) is 0.538. The number of nitrogens with zero attached hydrogens (tertiary/aromatic N) is 1. The normalized spacial score (nSPS) is 28.4. The van der Waals surface area contributed by atoms with E-state index in [9.17, 15) is 5.11 Å². The minimum absolute atomic E-state index is 0.228. The second kappa shape index (κ2) is 8.70. The third-order valence-electron chi connectivity index (χ3n) is 7.43. The molecule has 3 aliphatic rings. The van der Waals surface area contributed by atoms with Crippen LogP contribution in [0.3, 0.4) is 0 Å². The van der Waals surface area contributed by atoms with Gasteiger partial charge in [0.25, 0.3) is 0 Å². The van der Waals surface area contributed by atoms with Gasteiger partial charge in [0.15, 0.2) is 0 Å². The zero-order valence-electron chi connectivity index (χ0n) is 17.7. The molecule has 0 radical (unpaired) electrons. The number of aliphatic hydroxyl groups is 1. The van der Waals surface area contributed by atoms with E-state index in [1.54, 1.807) is 0 Å². The topological polar surface area (TPSA) is 41.9 Å². The van der Waals surface area contributed by atoms with Gasteiger partial charge in [0.2, 0.25) is 0 Å². The zero-order chi connectivity index (χ0) is 20.4. The van der Waals surface area contributed by atoms with Crippen molar-refractivity contribution in [2.45, 2.75) is 43.8 Å². The molecule has 3 aliphatic heterocycles. The molecule has 4 nitrogen and oxygen atoms in total. The lowest BCUT2D eigenvalue weighted by Crippen LogP contribution is -2.42. The van der Waals surface area contributed by atoms with Crippen molar-refractivity contribution in [3.63, 3.8) is 0 Å². The van der Waals surface area contributed by atoms with Crippen LogP contribution in [-0.2, 0) is 16.8 Å². The Morgan fingerprint density at radius 2 is 1.73 bits per heavy atom. The minimum atomic E-state index is -0.799. The van der Waals surface area contributed by atoms with E-state index in [4.69, 9.17) is 9.47 Å². The summed E-state index contributed by atoms with van der Waals surface area (Å²) in [6.07, 6.45) is 4.87. The van der Waals surface area contributed by atoms with Gasteiger partial charge in [-0.25, -0.2) is 0 Å². The fourth-order valence-corrected chi connectivity index (χ4v) is 5.72. The Kier molecular flexibility index (Phi) is 5.81. The van der Waals surface area contributed by atoms with E-state index in [-0.39, 0.29) is 6.10 Å². The maximum absolute atomic E-state index is 12.1. The second-order valence-corrected chi connectivity index (χ2v) is 9.24. The lowest BCUT2D eigenvalue weighted by Gasteiger charge is -2.39. The number of ether oxygens (including phenoxy) is 2. The van der Waals surface area contributed by atoms with Gasteiger partial charge in [0.1, 0.15) is 11.9 Å². The molecular formula is C26H33NO3. The highest BCUT2D eigenvalue weighted by atomic mass is 16.5. The van der Waals surface area contributed by atoms with E-state index in [2.05, 4.69) is 47.4 Å². The first kappa shape index (κ1) is 20.0. The van der Waals surface area contributed by atoms with Gasteiger partial charge in [-0.1, -0.05) is 48.5 Å². The van der Waals surface area contributed by atoms with E-state index in [0.29, 0.717) is 11.8 Å². The molecule has 4 heteroatoms. The van der Waals surface area contributed by atoms with Crippen LogP contribution in [0.4, 0.5) is 0 Å². The molecule has 0 amide bonds. The van der Waals surface area contributed by atoms with Crippen molar-refractivity contribution in [1.82, 2.24) is 4.90 Å². The summed E-state index contributed by atoms with van der Waals surface area (Å²) in [5.41, 5.74) is 1.46. The highest BCUT2D eigenvalue weighted by molar-refractivity contribution is 5.35. The number of rotatable bonds is 7. The molecule has 0 saturated carbocycles. The van der Waals surface area contributed by atoms with E-state index in [1.165, 1.54) is 18.5 Å². The van der Waals surface area contributed by atoms with Crippen molar-refractivity contribution in [2.24, 2.45) is 11.8 Å². The van der Waals surface area contributed by atoms with Gasteiger partial charge in [-0.2, -0.15) is 0 Å². The molecule has 0 spiro atoms. The quantitative estimate of drug-likeness (QED) is 0.753. The third kappa shape index (κ3) is 4.01. The largest absolute Gasteiger partial charge is 0.490 e. The molecular weight excluding hydrogens is 374 g/mol. The molecule has 2 bridgehead atoms. The molecule has 160 valence electrons. The molecule has 4 unspecified atom stereocenters. The summed E-state index contributed by atoms with van der Waals surface area (Å²) >= 11 is 0. The number of benzene rings is 2. The summed E-state index contributed by atoms with van der Waals surface area (Å²) < 4.78 is 11.8. The zero-order valence-corrected chi connectivity index (χ0v) is 17.7. The molecule has 2 aromatic rings. The van der Waals surface area contributed by atoms with Crippen molar-refractivity contribution in [2.75, 3.05) is 32.8 Å². The van der Waals surface area contributed by atoms with Gasteiger partial charge in [-0.3, -0.25) is 0 Å². The lowest BCUT2D eigenvalue weighted by atomic mass is 9.71. The first-order valence-electron chi connectivity index (χ1n) is 11.5. The molecule has 0 aromatic heterocycles. The van der Waals surface area contributed by atoms with Crippen molar-refractivity contribution in [1.29, 1.82) is 0 Å². The molecule has 3 saturated heterocycles. The molecule has 1 N–H and O–H groups in total. The molecule has 30 heavy (non-hydrogen) atoms. The Bertz CT molecular complexity index is 835. The second-order valence-electron chi connectivity index (χ2n) is 9.24. The van der Waals surface area contributed by atoms with Gasteiger partial charge < -0.3 is 19.5 Å². The first-order chi connectivity index (χ1) is 14.7. The van der Waals surface area contributed by atoms with Gasteiger partial charge in [0, 0.05) is 31.8 Å². The molecule has 3 fully saturated rings.